The highest BCUT2D eigenvalue weighted by atomic mass is 16.5. The molecule has 106 valence electrons. The van der Waals surface area contributed by atoms with Crippen LogP contribution in [-0.4, -0.2) is 11.6 Å². The summed E-state index contributed by atoms with van der Waals surface area (Å²) in [5.74, 6) is 1.45. The maximum Gasteiger partial charge on any atom is 0.215 e. The zero-order chi connectivity index (χ0) is 14.4. The number of nitrogens with one attached hydrogen (secondary N) is 1. The molecule has 0 aliphatic carbocycles. The Kier molecular flexibility index (Phi) is 4.96. The zero-order valence-electron chi connectivity index (χ0n) is 12.0. The van der Waals surface area contributed by atoms with Crippen LogP contribution in [0.2, 0.25) is 0 Å². The summed E-state index contributed by atoms with van der Waals surface area (Å²) >= 11 is 0. The first-order chi connectivity index (χ1) is 9.72. The second kappa shape index (κ2) is 6.91. The van der Waals surface area contributed by atoms with Gasteiger partial charge in [0.05, 0.1) is 6.61 Å². The minimum Gasteiger partial charge on any atom is -0.478 e. The Balaban J connectivity index is 2.06. The molecule has 4 heteroatoms. The topological polar surface area (TPSA) is 60.2 Å². The smallest absolute Gasteiger partial charge is 0.215 e. The van der Waals surface area contributed by atoms with Crippen molar-refractivity contribution in [1.82, 2.24) is 4.98 Å². The van der Waals surface area contributed by atoms with Crippen LogP contribution in [0.25, 0.3) is 0 Å². The van der Waals surface area contributed by atoms with Crippen molar-refractivity contribution < 1.29 is 4.74 Å². The van der Waals surface area contributed by atoms with Gasteiger partial charge in [0, 0.05) is 18.7 Å². The van der Waals surface area contributed by atoms with E-state index in [1.165, 1.54) is 5.56 Å². The number of benzene rings is 1. The molecule has 0 aliphatic heterocycles. The highest BCUT2D eigenvalue weighted by Crippen LogP contribution is 2.20. The lowest BCUT2D eigenvalue weighted by atomic mass is 10.1. The molecule has 3 N–H and O–H groups in total. The number of nitrogens with two attached hydrogens (primary N) is 1. The van der Waals surface area contributed by atoms with Crippen LogP contribution in [0.5, 0.6) is 5.88 Å². The van der Waals surface area contributed by atoms with E-state index < -0.39 is 0 Å². The van der Waals surface area contributed by atoms with Gasteiger partial charge in [-0.1, -0.05) is 30.3 Å². The van der Waals surface area contributed by atoms with Gasteiger partial charge in [-0.05, 0) is 31.0 Å². The quantitative estimate of drug-likeness (QED) is 0.847. The molecule has 0 aliphatic rings. The molecular weight excluding hydrogens is 250 g/mol. The fraction of sp³-hybridized carbons (Fsp3) is 0.312. The first-order valence-corrected chi connectivity index (χ1v) is 6.88. The van der Waals surface area contributed by atoms with Gasteiger partial charge in [-0.3, -0.25) is 0 Å². The van der Waals surface area contributed by atoms with Gasteiger partial charge in [-0.2, -0.15) is 4.98 Å². The molecule has 1 atom stereocenters. The molecule has 20 heavy (non-hydrogen) atoms. The number of ether oxygens (including phenoxy) is 1. The number of rotatable bonds is 6. The van der Waals surface area contributed by atoms with Crippen LogP contribution in [0.1, 0.15) is 31.0 Å². The van der Waals surface area contributed by atoms with E-state index in [1.54, 1.807) is 0 Å². The van der Waals surface area contributed by atoms with Gasteiger partial charge in [-0.15, -0.1) is 0 Å². The van der Waals surface area contributed by atoms with Crippen molar-refractivity contribution in [2.75, 3.05) is 11.9 Å². The molecule has 2 aromatic rings. The lowest BCUT2D eigenvalue weighted by Gasteiger charge is -2.16. The van der Waals surface area contributed by atoms with E-state index in [2.05, 4.69) is 41.5 Å². The van der Waals surface area contributed by atoms with Gasteiger partial charge in [-0.25, -0.2) is 0 Å². The number of pyridine rings is 1. The van der Waals surface area contributed by atoms with Gasteiger partial charge in [0.15, 0.2) is 0 Å². The van der Waals surface area contributed by atoms with Crippen molar-refractivity contribution in [2.24, 2.45) is 5.73 Å². The third kappa shape index (κ3) is 3.71. The first-order valence-electron chi connectivity index (χ1n) is 6.88. The minimum absolute atomic E-state index is 0.172. The molecule has 1 aromatic carbocycles. The standard InChI is InChI=1S/C16H21N3O/c1-3-20-16-6-4-5-15(19-16)18-12(2)14-9-7-13(11-17)8-10-14/h4-10,12H,3,11,17H2,1-2H3,(H,18,19). The van der Waals surface area contributed by atoms with Gasteiger partial charge in [0.25, 0.3) is 0 Å². The fourth-order valence-electron chi connectivity index (χ4n) is 1.97. The average molecular weight is 271 g/mol. The molecule has 4 nitrogen and oxygen atoms in total. The molecule has 0 bridgehead atoms. The Morgan fingerprint density at radius 3 is 2.60 bits per heavy atom. The lowest BCUT2D eigenvalue weighted by molar-refractivity contribution is 0.327. The van der Waals surface area contributed by atoms with Crippen molar-refractivity contribution in [1.29, 1.82) is 0 Å². The predicted molar refractivity (Wildman–Crippen MR) is 81.8 cm³/mol. The average Bonchev–Trinajstić information content (AvgIpc) is 2.48. The molecule has 2 rings (SSSR count). The number of aromatic nitrogens is 1. The van der Waals surface area contributed by atoms with E-state index in [9.17, 15) is 0 Å². The summed E-state index contributed by atoms with van der Waals surface area (Å²) in [6.45, 7) is 5.24. The number of anilines is 1. The van der Waals surface area contributed by atoms with E-state index in [-0.39, 0.29) is 6.04 Å². The second-order valence-corrected chi connectivity index (χ2v) is 4.61. The normalized spacial score (nSPS) is 11.9. The molecule has 0 spiro atoms. The Bertz CT molecular complexity index is 540. The monoisotopic (exact) mass is 271 g/mol. The molecule has 0 fully saturated rings. The van der Waals surface area contributed by atoms with Gasteiger partial charge in [0.1, 0.15) is 5.82 Å². The molecule has 1 heterocycles. The minimum atomic E-state index is 0.172. The lowest BCUT2D eigenvalue weighted by Crippen LogP contribution is -2.08. The third-order valence-electron chi connectivity index (χ3n) is 3.10. The summed E-state index contributed by atoms with van der Waals surface area (Å²) in [4.78, 5) is 4.41. The summed E-state index contributed by atoms with van der Waals surface area (Å²) in [6.07, 6.45) is 0. The van der Waals surface area contributed by atoms with Crippen molar-refractivity contribution >= 4 is 5.82 Å². The van der Waals surface area contributed by atoms with Gasteiger partial charge >= 0.3 is 0 Å². The zero-order valence-corrected chi connectivity index (χ0v) is 12.0. The third-order valence-corrected chi connectivity index (χ3v) is 3.10. The van der Waals surface area contributed by atoms with Crippen molar-refractivity contribution in [3.8, 4) is 5.88 Å². The van der Waals surface area contributed by atoms with E-state index in [0.29, 0.717) is 19.0 Å². The summed E-state index contributed by atoms with van der Waals surface area (Å²) < 4.78 is 5.40. The van der Waals surface area contributed by atoms with Crippen LogP contribution in [0.3, 0.4) is 0 Å². The number of hydrogen-bond acceptors (Lipinski definition) is 4. The summed E-state index contributed by atoms with van der Waals surface area (Å²) in [5.41, 5.74) is 7.94. The Labute approximate surface area is 120 Å². The Morgan fingerprint density at radius 2 is 1.95 bits per heavy atom. The molecule has 0 amide bonds. The maximum absolute atomic E-state index is 5.61. The molecule has 0 saturated carbocycles. The number of hydrogen-bond donors (Lipinski definition) is 2. The first kappa shape index (κ1) is 14.3. The van der Waals surface area contributed by atoms with E-state index in [0.717, 1.165) is 11.4 Å². The molecular formula is C16H21N3O. The van der Waals surface area contributed by atoms with E-state index in [1.807, 2.05) is 25.1 Å². The van der Waals surface area contributed by atoms with Crippen molar-refractivity contribution in [3.05, 3.63) is 53.6 Å². The number of nitrogens with zero attached hydrogens (tertiary/aromatic N) is 1. The van der Waals surface area contributed by atoms with Crippen molar-refractivity contribution in [2.45, 2.75) is 26.4 Å². The van der Waals surface area contributed by atoms with Crippen LogP contribution < -0.4 is 15.8 Å². The van der Waals surface area contributed by atoms with Crippen LogP contribution in [0.4, 0.5) is 5.82 Å². The van der Waals surface area contributed by atoms with Crippen LogP contribution in [0, 0.1) is 0 Å². The predicted octanol–water partition coefficient (Wildman–Crippen LogP) is 3.11. The Hall–Kier alpha value is -2.07. The summed E-state index contributed by atoms with van der Waals surface area (Å²) in [5, 5.41) is 3.37. The van der Waals surface area contributed by atoms with E-state index >= 15 is 0 Å². The maximum atomic E-state index is 5.61. The van der Waals surface area contributed by atoms with Crippen molar-refractivity contribution in [3.63, 3.8) is 0 Å². The molecule has 0 saturated heterocycles. The van der Waals surface area contributed by atoms with Gasteiger partial charge < -0.3 is 15.8 Å². The summed E-state index contributed by atoms with van der Waals surface area (Å²) in [6, 6.07) is 14.2. The molecule has 1 unspecified atom stereocenters. The Morgan fingerprint density at radius 1 is 1.20 bits per heavy atom. The molecule has 0 radical (unpaired) electrons. The fourth-order valence-corrected chi connectivity index (χ4v) is 1.97. The highest BCUT2D eigenvalue weighted by Gasteiger charge is 2.06. The second-order valence-electron chi connectivity index (χ2n) is 4.61. The van der Waals surface area contributed by atoms with Crippen LogP contribution in [0.15, 0.2) is 42.5 Å². The van der Waals surface area contributed by atoms with Gasteiger partial charge in [0.2, 0.25) is 5.88 Å². The molecule has 1 aromatic heterocycles. The summed E-state index contributed by atoms with van der Waals surface area (Å²) in [7, 11) is 0. The largest absolute Gasteiger partial charge is 0.478 e. The van der Waals surface area contributed by atoms with Crippen LogP contribution >= 0.6 is 0 Å². The highest BCUT2D eigenvalue weighted by molar-refractivity contribution is 5.40. The van der Waals surface area contributed by atoms with E-state index in [4.69, 9.17) is 10.5 Å². The SMILES string of the molecule is CCOc1cccc(NC(C)c2ccc(CN)cc2)n1. The van der Waals surface area contributed by atoms with Crippen LogP contribution in [-0.2, 0) is 6.54 Å².